The third-order valence-electron chi connectivity index (χ3n) is 3.74. The van der Waals surface area contributed by atoms with E-state index in [1.807, 2.05) is 30.3 Å². The second kappa shape index (κ2) is 6.19. The van der Waals surface area contributed by atoms with Crippen LogP contribution in [0.25, 0.3) is 11.1 Å². The molecule has 0 radical (unpaired) electrons. The van der Waals surface area contributed by atoms with Crippen molar-refractivity contribution in [1.29, 1.82) is 0 Å². The number of hydrogen-bond donors (Lipinski definition) is 3. The molecule has 126 valence electrons. The molecule has 0 saturated carbocycles. The minimum atomic E-state index is -3.74. The van der Waals surface area contributed by atoms with Crippen LogP contribution < -0.4 is 15.2 Å². The molecule has 9 heteroatoms. The van der Waals surface area contributed by atoms with Crippen LogP contribution >= 0.6 is 0 Å². The van der Waals surface area contributed by atoms with Crippen LogP contribution in [0.5, 0.6) is 0 Å². The lowest BCUT2D eigenvalue weighted by atomic mass is 9.98. The van der Waals surface area contributed by atoms with Gasteiger partial charge in [0.05, 0.1) is 6.54 Å². The minimum absolute atomic E-state index is 0.108. The fraction of sp³-hybridized carbons (Fsp3) is 0.200. The largest absolute Gasteiger partial charge is 0.323 e. The van der Waals surface area contributed by atoms with Crippen LogP contribution in [0, 0.1) is 0 Å². The Morgan fingerprint density at radius 3 is 2.92 bits per heavy atom. The lowest BCUT2D eigenvalue weighted by molar-refractivity contribution is 0.218. The zero-order valence-electron chi connectivity index (χ0n) is 13.0. The number of aromatic nitrogens is 1. The highest BCUT2D eigenvalue weighted by Crippen LogP contribution is 2.31. The van der Waals surface area contributed by atoms with Gasteiger partial charge in [0, 0.05) is 25.4 Å². The number of nitrogens with one attached hydrogen (secondary N) is 2. The number of anilines is 1. The molecule has 2 amide bonds. The number of fused-ring (bicyclic) bond motifs is 1. The van der Waals surface area contributed by atoms with Gasteiger partial charge in [0.1, 0.15) is 5.82 Å². The van der Waals surface area contributed by atoms with Gasteiger partial charge in [0.15, 0.2) is 0 Å². The number of urea groups is 1. The number of carbonyl (C=O) groups excluding carboxylic acids is 1. The highest BCUT2D eigenvalue weighted by atomic mass is 32.2. The zero-order chi connectivity index (χ0) is 17.3. The summed E-state index contributed by atoms with van der Waals surface area (Å²) in [6, 6.07) is 9.13. The fourth-order valence-electron chi connectivity index (χ4n) is 2.57. The van der Waals surface area contributed by atoms with Crippen molar-refractivity contribution in [3.63, 3.8) is 0 Å². The number of nitrogens with zero attached hydrogens (tertiary/aromatic N) is 2. The molecule has 1 aromatic heterocycles. The molecule has 0 spiro atoms. The third kappa shape index (κ3) is 3.53. The van der Waals surface area contributed by atoms with E-state index in [4.69, 9.17) is 5.14 Å². The van der Waals surface area contributed by atoms with Crippen molar-refractivity contribution in [2.24, 2.45) is 5.14 Å². The van der Waals surface area contributed by atoms with Crippen molar-refractivity contribution in [1.82, 2.24) is 14.6 Å². The molecule has 0 saturated heterocycles. The van der Waals surface area contributed by atoms with Gasteiger partial charge in [-0.3, -0.25) is 5.32 Å². The molecule has 0 bridgehead atoms. The Bertz CT molecular complexity index is 898. The smallest absolute Gasteiger partial charge is 0.323 e. The summed E-state index contributed by atoms with van der Waals surface area (Å²) in [7, 11) is -2.03. The normalized spacial score (nSPS) is 14.2. The molecule has 0 aliphatic carbocycles. The van der Waals surface area contributed by atoms with Crippen LogP contribution in [-0.4, -0.2) is 31.4 Å². The van der Waals surface area contributed by atoms with Crippen LogP contribution in [-0.2, 0) is 23.3 Å². The van der Waals surface area contributed by atoms with Gasteiger partial charge in [0.2, 0.25) is 0 Å². The Morgan fingerprint density at radius 2 is 2.17 bits per heavy atom. The van der Waals surface area contributed by atoms with E-state index in [1.165, 1.54) is 0 Å². The van der Waals surface area contributed by atoms with Crippen molar-refractivity contribution in [3.8, 4) is 11.1 Å². The Hall–Kier alpha value is -2.49. The Kier molecular flexibility index (Phi) is 4.22. The van der Waals surface area contributed by atoms with Crippen LogP contribution in [0.1, 0.15) is 11.1 Å². The lowest BCUT2D eigenvalue weighted by Gasteiger charge is -2.27. The number of carbonyl (C=O) groups is 1. The average Bonchev–Trinajstić information content (AvgIpc) is 2.53. The van der Waals surface area contributed by atoms with Gasteiger partial charge in [-0.2, -0.15) is 13.1 Å². The SMILES string of the molecule is CN1Cc2c(-c3cccc(CNS(N)(=O)=O)c3)ccnc2NC1=O. The predicted octanol–water partition coefficient (Wildman–Crippen LogP) is 1.02. The van der Waals surface area contributed by atoms with Gasteiger partial charge in [-0.15, -0.1) is 0 Å². The second-order valence-corrected chi connectivity index (χ2v) is 6.92. The first-order chi connectivity index (χ1) is 11.3. The molecule has 4 N–H and O–H groups in total. The maximum atomic E-state index is 11.7. The predicted molar refractivity (Wildman–Crippen MR) is 90.1 cm³/mol. The molecule has 0 atom stereocenters. The van der Waals surface area contributed by atoms with Crippen molar-refractivity contribution < 1.29 is 13.2 Å². The molecule has 1 aliphatic rings. The molecule has 1 aliphatic heterocycles. The zero-order valence-corrected chi connectivity index (χ0v) is 13.8. The van der Waals surface area contributed by atoms with Crippen molar-refractivity contribution >= 4 is 22.1 Å². The molecular formula is C15H17N5O3S. The highest BCUT2D eigenvalue weighted by molar-refractivity contribution is 7.87. The Balaban J connectivity index is 1.96. The van der Waals surface area contributed by atoms with Crippen LogP contribution in [0.4, 0.5) is 10.6 Å². The maximum absolute atomic E-state index is 11.7. The number of nitrogens with two attached hydrogens (primary N) is 1. The number of pyridine rings is 1. The summed E-state index contributed by atoms with van der Waals surface area (Å²) >= 11 is 0. The third-order valence-corrected chi connectivity index (χ3v) is 4.29. The van der Waals surface area contributed by atoms with Gasteiger partial charge in [-0.1, -0.05) is 18.2 Å². The van der Waals surface area contributed by atoms with E-state index in [9.17, 15) is 13.2 Å². The minimum Gasteiger partial charge on any atom is -0.323 e. The Labute approximate surface area is 139 Å². The van der Waals surface area contributed by atoms with Crippen LogP contribution in [0.15, 0.2) is 36.5 Å². The number of amides is 2. The quantitative estimate of drug-likeness (QED) is 0.765. The van der Waals surface area contributed by atoms with E-state index in [0.29, 0.717) is 12.4 Å². The summed E-state index contributed by atoms with van der Waals surface area (Å²) in [4.78, 5) is 17.5. The lowest BCUT2D eigenvalue weighted by Crippen LogP contribution is -2.36. The summed E-state index contributed by atoms with van der Waals surface area (Å²) in [5, 5.41) is 7.71. The molecule has 24 heavy (non-hydrogen) atoms. The average molecular weight is 347 g/mol. The van der Waals surface area contributed by atoms with Gasteiger partial charge in [0.25, 0.3) is 10.2 Å². The summed E-state index contributed by atoms with van der Waals surface area (Å²) < 4.78 is 24.3. The molecule has 2 aromatic rings. The summed E-state index contributed by atoms with van der Waals surface area (Å²) in [5.41, 5.74) is 3.53. The van der Waals surface area contributed by atoms with Crippen molar-refractivity contribution in [2.75, 3.05) is 12.4 Å². The molecule has 0 fully saturated rings. The van der Waals surface area contributed by atoms with Gasteiger partial charge in [-0.05, 0) is 28.8 Å². The molecule has 2 heterocycles. The number of hydrogen-bond acceptors (Lipinski definition) is 4. The van der Waals surface area contributed by atoms with E-state index in [-0.39, 0.29) is 12.6 Å². The Morgan fingerprint density at radius 1 is 1.38 bits per heavy atom. The maximum Gasteiger partial charge on any atom is 0.323 e. The topological polar surface area (TPSA) is 117 Å². The molecule has 1 aromatic carbocycles. The first kappa shape index (κ1) is 16.4. The van der Waals surface area contributed by atoms with Gasteiger partial charge in [-0.25, -0.2) is 14.9 Å². The molecular weight excluding hydrogens is 330 g/mol. The van der Waals surface area contributed by atoms with E-state index in [1.54, 1.807) is 18.1 Å². The highest BCUT2D eigenvalue weighted by Gasteiger charge is 2.23. The molecule has 3 rings (SSSR count). The fourth-order valence-corrected chi connectivity index (χ4v) is 2.94. The summed E-state index contributed by atoms with van der Waals surface area (Å²) in [6.45, 7) is 0.556. The first-order valence-electron chi connectivity index (χ1n) is 7.20. The standard InChI is InChI=1S/C15H17N5O3S/c1-20-9-13-12(5-6-17-14(13)19-15(20)21)11-4-2-3-10(7-11)8-18-24(16,22)23/h2-7,18H,8-9H2,1H3,(H2,16,22,23)(H,17,19,21). The first-order valence-corrected chi connectivity index (χ1v) is 8.75. The number of rotatable bonds is 4. The monoisotopic (exact) mass is 347 g/mol. The molecule has 0 unspecified atom stereocenters. The van der Waals surface area contributed by atoms with Gasteiger partial charge >= 0.3 is 6.03 Å². The van der Waals surface area contributed by atoms with Gasteiger partial charge < -0.3 is 4.90 Å². The van der Waals surface area contributed by atoms with E-state index in [0.717, 1.165) is 22.3 Å². The second-order valence-electron chi connectivity index (χ2n) is 5.54. The van der Waals surface area contributed by atoms with Crippen molar-refractivity contribution in [3.05, 3.63) is 47.7 Å². The molecule has 8 nitrogen and oxygen atoms in total. The van der Waals surface area contributed by atoms with Crippen LogP contribution in [0.2, 0.25) is 0 Å². The number of benzene rings is 1. The van der Waals surface area contributed by atoms with E-state index in [2.05, 4.69) is 15.0 Å². The van der Waals surface area contributed by atoms with E-state index >= 15 is 0 Å². The summed E-state index contributed by atoms with van der Waals surface area (Å²) in [6.07, 6.45) is 1.63. The summed E-state index contributed by atoms with van der Waals surface area (Å²) in [5.74, 6) is 0.545. The van der Waals surface area contributed by atoms with E-state index < -0.39 is 10.2 Å². The van der Waals surface area contributed by atoms with Crippen molar-refractivity contribution in [2.45, 2.75) is 13.1 Å². The van der Waals surface area contributed by atoms with Crippen LogP contribution in [0.3, 0.4) is 0 Å².